The summed E-state index contributed by atoms with van der Waals surface area (Å²) in [4.78, 5) is 12.7. The number of likely N-dealkylation sites (N-methyl/N-ethyl adjacent to an activating group) is 1. The van der Waals surface area contributed by atoms with E-state index in [1.807, 2.05) is 0 Å². The topological polar surface area (TPSA) is 55.6 Å². The monoisotopic (exact) mass is 242 g/mol. The molecule has 0 aliphatic heterocycles. The first-order valence-corrected chi connectivity index (χ1v) is 4.86. The molecule has 1 unspecified atom stereocenters. The fourth-order valence-corrected chi connectivity index (χ4v) is 1.07. The summed E-state index contributed by atoms with van der Waals surface area (Å²) in [6.07, 6.45) is -4.42. The third-order valence-electron chi connectivity index (χ3n) is 1.71. The van der Waals surface area contributed by atoms with Crippen molar-refractivity contribution in [3.8, 4) is 0 Å². The van der Waals surface area contributed by atoms with E-state index in [-0.39, 0.29) is 25.0 Å². The van der Waals surface area contributed by atoms with E-state index in [0.29, 0.717) is 6.54 Å². The Balaban J connectivity index is 3.65. The van der Waals surface area contributed by atoms with E-state index in [1.54, 1.807) is 14.0 Å². The SMILES string of the molecule is CC(N)CN(C)C(=O)CCOCC(F)(F)F. The zero-order valence-electron chi connectivity index (χ0n) is 9.38. The van der Waals surface area contributed by atoms with Crippen molar-refractivity contribution in [2.24, 2.45) is 5.73 Å². The minimum atomic E-state index is -4.35. The van der Waals surface area contributed by atoms with Gasteiger partial charge in [-0.25, -0.2) is 0 Å². The van der Waals surface area contributed by atoms with Gasteiger partial charge in [-0.3, -0.25) is 4.79 Å². The Labute approximate surface area is 92.5 Å². The Morgan fingerprint density at radius 2 is 2.06 bits per heavy atom. The van der Waals surface area contributed by atoms with Crippen LogP contribution in [0.5, 0.6) is 0 Å². The molecule has 0 aromatic carbocycles. The van der Waals surface area contributed by atoms with Gasteiger partial charge in [0.15, 0.2) is 0 Å². The molecule has 2 N–H and O–H groups in total. The Morgan fingerprint density at radius 3 is 2.50 bits per heavy atom. The lowest BCUT2D eigenvalue weighted by Crippen LogP contribution is -2.37. The van der Waals surface area contributed by atoms with Crippen LogP contribution in [0.25, 0.3) is 0 Å². The number of amides is 1. The lowest BCUT2D eigenvalue weighted by molar-refractivity contribution is -0.175. The summed E-state index contributed by atoms with van der Waals surface area (Å²) in [5, 5.41) is 0. The maximum atomic E-state index is 11.7. The minimum absolute atomic E-state index is 0.0701. The largest absolute Gasteiger partial charge is 0.411 e. The Hall–Kier alpha value is -0.820. The molecule has 16 heavy (non-hydrogen) atoms. The van der Waals surface area contributed by atoms with Crippen LogP contribution in [-0.4, -0.2) is 49.8 Å². The molecule has 96 valence electrons. The molecule has 0 rings (SSSR count). The van der Waals surface area contributed by atoms with Crippen molar-refractivity contribution in [2.75, 3.05) is 26.8 Å². The van der Waals surface area contributed by atoms with Crippen LogP contribution in [0.4, 0.5) is 13.2 Å². The van der Waals surface area contributed by atoms with Crippen LogP contribution in [-0.2, 0) is 9.53 Å². The van der Waals surface area contributed by atoms with E-state index in [9.17, 15) is 18.0 Å². The smallest absolute Gasteiger partial charge is 0.372 e. The third-order valence-corrected chi connectivity index (χ3v) is 1.71. The summed E-state index contributed by atoms with van der Waals surface area (Å²) in [6, 6.07) is -0.162. The van der Waals surface area contributed by atoms with Gasteiger partial charge in [-0.1, -0.05) is 0 Å². The molecule has 4 nitrogen and oxygen atoms in total. The second-order valence-electron chi connectivity index (χ2n) is 3.67. The highest BCUT2D eigenvalue weighted by molar-refractivity contribution is 5.75. The average molecular weight is 242 g/mol. The van der Waals surface area contributed by atoms with Gasteiger partial charge in [0.1, 0.15) is 6.61 Å². The predicted molar refractivity (Wildman–Crippen MR) is 52.8 cm³/mol. The maximum absolute atomic E-state index is 11.7. The van der Waals surface area contributed by atoms with E-state index < -0.39 is 12.8 Å². The molecular weight excluding hydrogens is 225 g/mol. The molecule has 0 saturated carbocycles. The Bertz CT molecular complexity index is 219. The number of ether oxygens (including phenoxy) is 1. The highest BCUT2D eigenvalue weighted by atomic mass is 19.4. The van der Waals surface area contributed by atoms with Gasteiger partial charge >= 0.3 is 6.18 Å². The molecule has 1 amide bonds. The summed E-state index contributed by atoms with van der Waals surface area (Å²) in [5.41, 5.74) is 5.47. The number of halogens is 3. The normalized spacial score (nSPS) is 13.6. The second kappa shape index (κ2) is 6.70. The maximum Gasteiger partial charge on any atom is 0.411 e. The van der Waals surface area contributed by atoms with Gasteiger partial charge in [0.2, 0.25) is 5.91 Å². The molecule has 0 aliphatic carbocycles. The molecule has 0 bridgehead atoms. The second-order valence-corrected chi connectivity index (χ2v) is 3.67. The van der Waals surface area contributed by atoms with E-state index in [1.165, 1.54) is 4.90 Å². The van der Waals surface area contributed by atoms with Gasteiger partial charge in [0.25, 0.3) is 0 Å². The van der Waals surface area contributed by atoms with E-state index in [0.717, 1.165) is 0 Å². The lowest BCUT2D eigenvalue weighted by Gasteiger charge is -2.19. The van der Waals surface area contributed by atoms with Crippen molar-refractivity contribution < 1.29 is 22.7 Å². The molecule has 0 heterocycles. The Morgan fingerprint density at radius 1 is 1.50 bits per heavy atom. The number of hydrogen-bond donors (Lipinski definition) is 1. The average Bonchev–Trinajstić information content (AvgIpc) is 2.09. The van der Waals surface area contributed by atoms with Crippen molar-refractivity contribution in [1.29, 1.82) is 0 Å². The van der Waals surface area contributed by atoms with Gasteiger partial charge in [-0.15, -0.1) is 0 Å². The highest BCUT2D eigenvalue weighted by Crippen LogP contribution is 2.14. The first kappa shape index (κ1) is 15.2. The van der Waals surface area contributed by atoms with E-state index in [4.69, 9.17) is 5.73 Å². The van der Waals surface area contributed by atoms with Crippen molar-refractivity contribution in [1.82, 2.24) is 4.90 Å². The summed E-state index contributed by atoms with van der Waals surface area (Å²) in [7, 11) is 1.55. The quantitative estimate of drug-likeness (QED) is 0.700. The molecule has 7 heteroatoms. The number of nitrogens with zero attached hydrogens (tertiary/aromatic N) is 1. The molecule has 0 aromatic rings. The molecule has 0 saturated heterocycles. The highest BCUT2D eigenvalue weighted by Gasteiger charge is 2.27. The van der Waals surface area contributed by atoms with Crippen LogP contribution in [0.2, 0.25) is 0 Å². The zero-order valence-corrected chi connectivity index (χ0v) is 9.38. The number of nitrogens with two attached hydrogens (primary N) is 1. The summed E-state index contributed by atoms with van der Waals surface area (Å²) in [6.45, 7) is 0.557. The first-order chi connectivity index (χ1) is 7.22. The van der Waals surface area contributed by atoms with Gasteiger partial charge in [0.05, 0.1) is 13.0 Å². The van der Waals surface area contributed by atoms with Crippen LogP contribution < -0.4 is 5.73 Å². The van der Waals surface area contributed by atoms with Crippen LogP contribution >= 0.6 is 0 Å². The van der Waals surface area contributed by atoms with Crippen LogP contribution in [0.1, 0.15) is 13.3 Å². The molecule has 0 radical (unpaired) electrons. The standard InChI is InChI=1S/C9H17F3N2O2/c1-7(13)5-14(2)8(15)3-4-16-6-9(10,11)12/h7H,3-6,13H2,1-2H3. The predicted octanol–water partition coefficient (Wildman–Crippen LogP) is 0.761. The fourth-order valence-electron chi connectivity index (χ4n) is 1.07. The zero-order chi connectivity index (χ0) is 12.8. The number of carbonyl (C=O) groups excluding carboxylic acids is 1. The summed E-state index contributed by atoms with van der Waals surface area (Å²) < 4.78 is 39.3. The van der Waals surface area contributed by atoms with Gasteiger partial charge in [-0.05, 0) is 6.92 Å². The Kier molecular flexibility index (Phi) is 6.35. The molecule has 0 fully saturated rings. The third kappa shape index (κ3) is 8.49. The number of rotatable bonds is 6. The molecule has 0 spiro atoms. The lowest BCUT2D eigenvalue weighted by atomic mass is 10.3. The summed E-state index contributed by atoms with van der Waals surface area (Å²) >= 11 is 0. The molecule has 0 aliphatic rings. The summed E-state index contributed by atoms with van der Waals surface area (Å²) in [5.74, 6) is -0.278. The fraction of sp³-hybridized carbons (Fsp3) is 0.889. The number of carbonyl (C=O) groups is 1. The molecule has 1 atom stereocenters. The number of alkyl halides is 3. The van der Waals surface area contributed by atoms with E-state index in [2.05, 4.69) is 4.74 Å². The van der Waals surface area contributed by atoms with Crippen molar-refractivity contribution in [3.63, 3.8) is 0 Å². The van der Waals surface area contributed by atoms with Crippen molar-refractivity contribution in [3.05, 3.63) is 0 Å². The first-order valence-electron chi connectivity index (χ1n) is 4.86. The molecular formula is C9H17F3N2O2. The molecule has 0 aromatic heterocycles. The van der Waals surface area contributed by atoms with Crippen LogP contribution in [0.15, 0.2) is 0 Å². The van der Waals surface area contributed by atoms with Crippen LogP contribution in [0, 0.1) is 0 Å². The van der Waals surface area contributed by atoms with Gasteiger partial charge in [-0.2, -0.15) is 13.2 Å². The van der Waals surface area contributed by atoms with Crippen molar-refractivity contribution >= 4 is 5.91 Å². The van der Waals surface area contributed by atoms with Gasteiger partial charge < -0.3 is 15.4 Å². The minimum Gasteiger partial charge on any atom is -0.372 e. The van der Waals surface area contributed by atoms with E-state index >= 15 is 0 Å². The van der Waals surface area contributed by atoms with Crippen molar-refractivity contribution in [2.45, 2.75) is 25.6 Å². The van der Waals surface area contributed by atoms with Crippen LogP contribution in [0.3, 0.4) is 0 Å². The van der Waals surface area contributed by atoms with Gasteiger partial charge in [0, 0.05) is 19.6 Å². The number of hydrogen-bond acceptors (Lipinski definition) is 3.